The number of alkyl halides is 1. The zero-order valence-corrected chi connectivity index (χ0v) is 12.7. The third-order valence-corrected chi connectivity index (χ3v) is 5.08. The summed E-state index contributed by atoms with van der Waals surface area (Å²) in [5.74, 6) is -0.424. The molecule has 8 heteroatoms. The van der Waals surface area contributed by atoms with E-state index in [0.717, 1.165) is 19.3 Å². The molecule has 0 radical (unpaired) electrons. The van der Waals surface area contributed by atoms with Crippen molar-refractivity contribution in [3.8, 4) is 0 Å². The van der Waals surface area contributed by atoms with Gasteiger partial charge in [-0.05, 0) is 12.8 Å². The maximum atomic E-state index is 11.9. The van der Waals surface area contributed by atoms with Gasteiger partial charge < -0.3 is 4.74 Å². The Morgan fingerprint density at radius 3 is 2.53 bits per heavy atom. The zero-order valence-electron chi connectivity index (χ0n) is 9.69. The zero-order chi connectivity index (χ0) is 12.9. The van der Waals surface area contributed by atoms with E-state index in [1.807, 2.05) is 22.6 Å². The highest BCUT2D eigenvalue weighted by molar-refractivity contribution is 14.1. The number of nitrogens with zero attached hydrogens (tertiary/aromatic N) is 1. The molecule has 0 saturated carbocycles. The third kappa shape index (κ3) is 4.68. The van der Waals surface area contributed by atoms with E-state index >= 15 is 0 Å². The van der Waals surface area contributed by atoms with Gasteiger partial charge in [0.05, 0.1) is 7.11 Å². The van der Waals surface area contributed by atoms with Crippen LogP contribution in [0.4, 0.5) is 0 Å². The number of hydrogen-bond acceptors (Lipinski definition) is 4. The van der Waals surface area contributed by atoms with Crippen LogP contribution in [0.25, 0.3) is 0 Å². The number of halogens is 1. The van der Waals surface area contributed by atoms with Crippen molar-refractivity contribution in [3.63, 3.8) is 0 Å². The first-order chi connectivity index (χ1) is 7.97. The van der Waals surface area contributed by atoms with Gasteiger partial charge in [-0.25, -0.2) is 4.72 Å². The number of nitrogens with one attached hydrogen (secondary N) is 1. The van der Waals surface area contributed by atoms with Gasteiger partial charge >= 0.3 is 5.97 Å². The van der Waals surface area contributed by atoms with Gasteiger partial charge in [0.1, 0.15) is 3.92 Å². The molecule has 1 saturated heterocycles. The number of rotatable bonds is 5. The number of ether oxygens (including phenoxy) is 1. The largest absolute Gasteiger partial charge is 0.468 e. The van der Waals surface area contributed by atoms with Gasteiger partial charge in [0.25, 0.3) is 10.2 Å². The van der Waals surface area contributed by atoms with Crippen LogP contribution >= 0.6 is 22.6 Å². The normalized spacial score (nSPS) is 19.9. The maximum Gasteiger partial charge on any atom is 0.319 e. The van der Waals surface area contributed by atoms with Crippen molar-refractivity contribution in [2.75, 3.05) is 26.7 Å². The minimum Gasteiger partial charge on any atom is -0.468 e. The van der Waals surface area contributed by atoms with Crippen LogP contribution in [0.2, 0.25) is 0 Å². The summed E-state index contributed by atoms with van der Waals surface area (Å²) in [5, 5.41) is 0. The number of carbonyl (C=O) groups is 1. The highest BCUT2D eigenvalue weighted by Crippen LogP contribution is 2.12. The molecule has 1 rings (SSSR count). The Morgan fingerprint density at radius 2 is 2.00 bits per heavy atom. The highest BCUT2D eigenvalue weighted by Gasteiger charge is 2.25. The van der Waals surface area contributed by atoms with Gasteiger partial charge in [-0.15, -0.1) is 0 Å². The molecule has 0 bridgehead atoms. The van der Waals surface area contributed by atoms with E-state index in [1.54, 1.807) is 0 Å². The van der Waals surface area contributed by atoms with Crippen molar-refractivity contribution in [3.05, 3.63) is 0 Å². The molecule has 100 valence electrons. The van der Waals surface area contributed by atoms with Gasteiger partial charge in [0.2, 0.25) is 0 Å². The molecular weight excluding hydrogens is 359 g/mol. The summed E-state index contributed by atoms with van der Waals surface area (Å²) in [5.41, 5.74) is 0. The summed E-state index contributed by atoms with van der Waals surface area (Å²) < 4.78 is 31.6. The van der Waals surface area contributed by atoms with Crippen molar-refractivity contribution in [2.45, 2.75) is 23.2 Å². The SMILES string of the molecule is COC(=O)C(I)CNS(=O)(=O)N1CCCCC1. The predicted molar refractivity (Wildman–Crippen MR) is 72.2 cm³/mol. The average molecular weight is 376 g/mol. The number of esters is 1. The molecule has 0 aliphatic carbocycles. The van der Waals surface area contributed by atoms with Crippen molar-refractivity contribution in [1.29, 1.82) is 0 Å². The van der Waals surface area contributed by atoms with Crippen LogP contribution in [0, 0.1) is 0 Å². The number of methoxy groups -OCH3 is 1. The predicted octanol–water partition coefficient (Wildman–Crippen LogP) is 0.283. The molecule has 0 aromatic heterocycles. The van der Waals surface area contributed by atoms with Gasteiger partial charge in [-0.2, -0.15) is 12.7 Å². The fraction of sp³-hybridized carbons (Fsp3) is 0.889. The minimum absolute atomic E-state index is 0.0616. The molecule has 1 N–H and O–H groups in total. The lowest BCUT2D eigenvalue weighted by atomic mass is 10.2. The van der Waals surface area contributed by atoms with E-state index < -0.39 is 20.1 Å². The van der Waals surface area contributed by atoms with Crippen LogP contribution in [-0.4, -0.2) is 49.4 Å². The molecule has 0 spiro atoms. The summed E-state index contributed by atoms with van der Waals surface area (Å²) in [6, 6.07) is 0. The summed E-state index contributed by atoms with van der Waals surface area (Å²) >= 11 is 1.86. The highest BCUT2D eigenvalue weighted by atomic mass is 127. The van der Waals surface area contributed by atoms with E-state index in [9.17, 15) is 13.2 Å². The first-order valence-corrected chi connectivity index (χ1v) is 8.12. The van der Waals surface area contributed by atoms with Crippen LogP contribution in [0.3, 0.4) is 0 Å². The Hall–Kier alpha value is 0.0700. The lowest BCUT2D eigenvalue weighted by Crippen LogP contribution is -2.45. The number of hydrogen-bond donors (Lipinski definition) is 1. The second-order valence-corrected chi connectivity index (χ2v) is 7.06. The van der Waals surface area contributed by atoms with Gasteiger partial charge in [-0.1, -0.05) is 29.0 Å². The maximum absolute atomic E-state index is 11.9. The van der Waals surface area contributed by atoms with Gasteiger partial charge in [-0.3, -0.25) is 4.79 Å². The molecule has 1 aliphatic rings. The first-order valence-electron chi connectivity index (χ1n) is 5.44. The standard InChI is InChI=1S/C9H17IN2O4S/c1-16-9(13)8(10)7-11-17(14,15)12-5-3-2-4-6-12/h8,11H,2-7H2,1H3. The topological polar surface area (TPSA) is 75.7 Å². The Kier molecular flexibility index (Phi) is 6.10. The smallest absolute Gasteiger partial charge is 0.319 e. The molecule has 1 aliphatic heterocycles. The Balaban J connectivity index is 2.46. The van der Waals surface area contributed by atoms with E-state index in [2.05, 4.69) is 9.46 Å². The van der Waals surface area contributed by atoms with Gasteiger partial charge in [0.15, 0.2) is 0 Å². The molecular formula is C9H17IN2O4S. The lowest BCUT2D eigenvalue weighted by Gasteiger charge is -2.26. The van der Waals surface area contributed by atoms with E-state index in [-0.39, 0.29) is 6.54 Å². The Bertz CT molecular complexity index is 354. The van der Waals surface area contributed by atoms with Crippen LogP contribution in [-0.2, 0) is 19.7 Å². The molecule has 0 aromatic carbocycles. The van der Waals surface area contributed by atoms with Crippen molar-refractivity contribution >= 4 is 38.8 Å². The summed E-state index contributed by atoms with van der Waals surface area (Å²) in [6.45, 7) is 1.17. The molecule has 1 unspecified atom stereocenters. The van der Waals surface area contributed by atoms with Crippen LogP contribution in [0.1, 0.15) is 19.3 Å². The lowest BCUT2D eigenvalue weighted by molar-refractivity contribution is -0.139. The Morgan fingerprint density at radius 1 is 1.41 bits per heavy atom. The third-order valence-electron chi connectivity index (χ3n) is 2.56. The fourth-order valence-electron chi connectivity index (χ4n) is 1.59. The summed E-state index contributed by atoms with van der Waals surface area (Å²) in [4.78, 5) is 11.1. The van der Waals surface area contributed by atoms with Crippen molar-refractivity contribution < 1.29 is 17.9 Å². The molecule has 0 amide bonds. The molecule has 17 heavy (non-hydrogen) atoms. The number of piperidine rings is 1. The van der Waals surface area contributed by atoms with Gasteiger partial charge in [0, 0.05) is 19.6 Å². The molecule has 1 atom stereocenters. The second-order valence-electron chi connectivity index (χ2n) is 3.80. The van der Waals surface area contributed by atoms with Crippen molar-refractivity contribution in [1.82, 2.24) is 9.03 Å². The van der Waals surface area contributed by atoms with E-state index in [0.29, 0.717) is 13.1 Å². The quantitative estimate of drug-likeness (QED) is 0.425. The van der Waals surface area contributed by atoms with Crippen molar-refractivity contribution in [2.24, 2.45) is 0 Å². The number of carbonyl (C=O) groups excluding carboxylic acids is 1. The summed E-state index contributed by atoms with van der Waals surface area (Å²) in [6.07, 6.45) is 2.86. The minimum atomic E-state index is -3.45. The van der Waals surface area contributed by atoms with E-state index in [4.69, 9.17) is 0 Å². The summed E-state index contributed by atoms with van der Waals surface area (Å²) in [7, 11) is -2.16. The van der Waals surface area contributed by atoms with Crippen LogP contribution < -0.4 is 4.72 Å². The molecule has 1 heterocycles. The Labute approximate surface area is 115 Å². The molecule has 1 fully saturated rings. The average Bonchev–Trinajstić information content (AvgIpc) is 2.36. The fourth-order valence-corrected chi connectivity index (χ4v) is 3.66. The molecule has 0 aromatic rings. The monoisotopic (exact) mass is 376 g/mol. The first kappa shape index (κ1) is 15.1. The van der Waals surface area contributed by atoms with E-state index in [1.165, 1.54) is 11.4 Å². The van der Waals surface area contributed by atoms with Crippen LogP contribution in [0.5, 0.6) is 0 Å². The van der Waals surface area contributed by atoms with Crippen LogP contribution in [0.15, 0.2) is 0 Å². The second kappa shape index (κ2) is 6.86. The molecule has 6 nitrogen and oxygen atoms in total.